The number of nitrogens with zero attached hydrogens (tertiary/aromatic N) is 3. The van der Waals surface area contributed by atoms with Crippen LogP contribution in [0.4, 0.5) is 24.7 Å². The zero-order chi connectivity index (χ0) is 18.2. The van der Waals surface area contributed by atoms with Gasteiger partial charge in [-0.2, -0.15) is 13.2 Å². The van der Waals surface area contributed by atoms with Crippen molar-refractivity contribution in [2.75, 3.05) is 56.2 Å². The minimum Gasteiger partial charge on any atom is -0.373 e. The van der Waals surface area contributed by atoms with E-state index in [0.29, 0.717) is 37.7 Å². The van der Waals surface area contributed by atoms with E-state index >= 15 is 0 Å². The number of hydrogen-bond acceptors (Lipinski definition) is 5. The predicted molar refractivity (Wildman–Crippen MR) is 89.1 cm³/mol. The molecule has 0 bridgehead atoms. The summed E-state index contributed by atoms with van der Waals surface area (Å²) >= 11 is 0. The van der Waals surface area contributed by atoms with E-state index in [0.717, 1.165) is 0 Å². The Morgan fingerprint density at radius 3 is 2.72 bits per heavy atom. The van der Waals surface area contributed by atoms with Gasteiger partial charge in [-0.05, 0) is 7.05 Å². The number of likely N-dealkylation sites (N-methyl/N-ethyl adjacent to an activating group) is 1. The highest BCUT2D eigenvalue weighted by molar-refractivity contribution is 5.59. The van der Waals surface area contributed by atoms with Crippen LogP contribution in [0.2, 0.25) is 0 Å². The second-order valence-electron chi connectivity index (χ2n) is 6.37. The number of morpholine rings is 1. The Labute approximate surface area is 143 Å². The SMILES string of the molecule is C=C1COCCN1c1cc(N2CCN(C)CC2C(F)(F)F)[nH]c(=O)c1. The van der Waals surface area contributed by atoms with Crippen molar-refractivity contribution in [3.05, 3.63) is 34.8 Å². The largest absolute Gasteiger partial charge is 0.410 e. The number of alkyl halides is 3. The third kappa shape index (κ3) is 3.82. The van der Waals surface area contributed by atoms with Crippen LogP contribution in [0.1, 0.15) is 0 Å². The maximum absolute atomic E-state index is 13.5. The average Bonchev–Trinajstić information content (AvgIpc) is 2.53. The molecular weight excluding hydrogens is 337 g/mol. The normalized spacial score (nSPS) is 23.2. The predicted octanol–water partition coefficient (Wildman–Crippen LogP) is 1.41. The summed E-state index contributed by atoms with van der Waals surface area (Å²) in [5.74, 6) is 0.178. The van der Waals surface area contributed by atoms with Gasteiger partial charge in [0.25, 0.3) is 5.56 Å². The number of anilines is 2. The molecule has 0 aliphatic carbocycles. The Morgan fingerprint density at radius 1 is 1.28 bits per heavy atom. The quantitative estimate of drug-likeness (QED) is 0.866. The molecule has 3 rings (SSSR count). The molecular formula is C16H21F3N4O2. The lowest BCUT2D eigenvalue weighted by molar-refractivity contribution is -0.155. The van der Waals surface area contributed by atoms with Gasteiger partial charge in [-0.3, -0.25) is 4.79 Å². The van der Waals surface area contributed by atoms with Gasteiger partial charge >= 0.3 is 6.18 Å². The van der Waals surface area contributed by atoms with Crippen LogP contribution in [0.3, 0.4) is 0 Å². The average molecular weight is 358 g/mol. The van der Waals surface area contributed by atoms with E-state index in [1.165, 1.54) is 11.0 Å². The summed E-state index contributed by atoms with van der Waals surface area (Å²) in [6.07, 6.45) is -4.38. The first-order chi connectivity index (χ1) is 11.8. The van der Waals surface area contributed by atoms with Crippen LogP contribution in [-0.4, -0.2) is 68.5 Å². The topological polar surface area (TPSA) is 51.8 Å². The second kappa shape index (κ2) is 6.72. The molecule has 0 amide bonds. The van der Waals surface area contributed by atoms with Crippen LogP contribution < -0.4 is 15.4 Å². The van der Waals surface area contributed by atoms with E-state index in [9.17, 15) is 18.0 Å². The van der Waals surface area contributed by atoms with Gasteiger partial charge in [-0.1, -0.05) is 6.58 Å². The number of nitrogens with one attached hydrogen (secondary N) is 1. The molecule has 3 heterocycles. The van der Waals surface area contributed by atoms with Crippen molar-refractivity contribution in [2.45, 2.75) is 12.2 Å². The smallest absolute Gasteiger partial charge is 0.373 e. The minimum atomic E-state index is -4.38. The fourth-order valence-electron chi connectivity index (χ4n) is 3.21. The monoisotopic (exact) mass is 358 g/mol. The summed E-state index contributed by atoms with van der Waals surface area (Å²) in [6.45, 7) is 5.75. The third-order valence-corrected chi connectivity index (χ3v) is 4.51. The van der Waals surface area contributed by atoms with E-state index in [1.807, 2.05) is 0 Å². The molecule has 25 heavy (non-hydrogen) atoms. The molecule has 6 nitrogen and oxygen atoms in total. The van der Waals surface area contributed by atoms with Crippen molar-refractivity contribution in [3.8, 4) is 0 Å². The lowest BCUT2D eigenvalue weighted by Crippen LogP contribution is -2.58. The van der Waals surface area contributed by atoms with Gasteiger partial charge in [0.2, 0.25) is 0 Å². The molecule has 0 aromatic carbocycles. The zero-order valence-corrected chi connectivity index (χ0v) is 14.0. The third-order valence-electron chi connectivity index (χ3n) is 4.51. The molecule has 2 aliphatic heterocycles. The fraction of sp³-hybridized carbons (Fsp3) is 0.562. The Balaban J connectivity index is 1.96. The van der Waals surface area contributed by atoms with Crippen LogP contribution in [-0.2, 0) is 4.74 Å². The fourth-order valence-corrected chi connectivity index (χ4v) is 3.21. The van der Waals surface area contributed by atoms with Crippen molar-refractivity contribution < 1.29 is 17.9 Å². The number of halogens is 3. The van der Waals surface area contributed by atoms with Crippen LogP contribution in [0, 0.1) is 0 Å². The van der Waals surface area contributed by atoms with E-state index < -0.39 is 17.8 Å². The molecule has 1 N–H and O–H groups in total. The van der Waals surface area contributed by atoms with E-state index in [2.05, 4.69) is 11.6 Å². The molecule has 2 saturated heterocycles. The Morgan fingerprint density at radius 2 is 2.04 bits per heavy atom. The lowest BCUT2D eigenvalue weighted by atomic mass is 10.1. The van der Waals surface area contributed by atoms with E-state index in [4.69, 9.17) is 4.74 Å². The highest BCUT2D eigenvalue weighted by Gasteiger charge is 2.46. The second-order valence-corrected chi connectivity index (χ2v) is 6.37. The van der Waals surface area contributed by atoms with Gasteiger partial charge in [0, 0.05) is 44.0 Å². The molecule has 2 fully saturated rings. The van der Waals surface area contributed by atoms with Crippen molar-refractivity contribution in [2.24, 2.45) is 0 Å². The summed E-state index contributed by atoms with van der Waals surface area (Å²) < 4.78 is 45.7. The van der Waals surface area contributed by atoms with Gasteiger partial charge in [0.05, 0.1) is 18.9 Å². The van der Waals surface area contributed by atoms with E-state index in [-0.39, 0.29) is 18.9 Å². The Bertz CT molecular complexity index is 703. The summed E-state index contributed by atoms with van der Waals surface area (Å²) in [5, 5.41) is 0. The number of aromatic nitrogens is 1. The molecule has 9 heteroatoms. The number of aromatic amines is 1. The van der Waals surface area contributed by atoms with Gasteiger partial charge < -0.3 is 24.4 Å². The lowest BCUT2D eigenvalue weighted by Gasteiger charge is -2.42. The highest BCUT2D eigenvalue weighted by atomic mass is 19.4. The van der Waals surface area contributed by atoms with Crippen LogP contribution in [0.25, 0.3) is 0 Å². The van der Waals surface area contributed by atoms with Gasteiger partial charge in [0.15, 0.2) is 0 Å². The Hall–Kier alpha value is -2.00. The van der Waals surface area contributed by atoms with Crippen molar-refractivity contribution in [1.29, 1.82) is 0 Å². The standard InChI is InChI=1S/C16H21F3N4O2/c1-11-10-25-6-5-22(11)12-7-14(20-15(24)8-12)23-4-3-21(2)9-13(23)16(17,18)19/h7-8,13H,1,3-6,9-10H2,2H3,(H,20,24). The van der Waals surface area contributed by atoms with Gasteiger partial charge in [-0.15, -0.1) is 0 Å². The maximum Gasteiger partial charge on any atom is 0.410 e. The van der Waals surface area contributed by atoms with Gasteiger partial charge in [-0.25, -0.2) is 0 Å². The number of H-pyrrole nitrogens is 1. The zero-order valence-electron chi connectivity index (χ0n) is 14.0. The summed E-state index contributed by atoms with van der Waals surface area (Å²) in [6, 6.07) is 1.30. The number of rotatable bonds is 2. The van der Waals surface area contributed by atoms with Crippen LogP contribution in [0.15, 0.2) is 29.2 Å². The van der Waals surface area contributed by atoms with E-state index in [1.54, 1.807) is 22.9 Å². The molecule has 0 saturated carbocycles. The molecule has 138 valence electrons. The molecule has 0 radical (unpaired) electrons. The first kappa shape index (κ1) is 17.8. The molecule has 2 aliphatic rings. The van der Waals surface area contributed by atoms with Crippen molar-refractivity contribution in [3.63, 3.8) is 0 Å². The Kier molecular flexibility index (Phi) is 4.79. The summed E-state index contributed by atoms with van der Waals surface area (Å²) in [4.78, 5) is 19.3. The number of pyridine rings is 1. The number of piperazine rings is 1. The van der Waals surface area contributed by atoms with Gasteiger partial charge in [0.1, 0.15) is 11.9 Å². The minimum absolute atomic E-state index is 0.139. The summed E-state index contributed by atoms with van der Waals surface area (Å²) in [5.41, 5.74) is 0.770. The van der Waals surface area contributed by atoms with Crippen LogP contribution in [0.5, 0.6) is 0 Å². The number of ether oxygens (including phenoxy) is 1. The molecule has 1 aromatic rings. The van der Waals surface area contributed by atoms with Crippen LogP contribution >= 0.6 is 0 Å². The summed E-state index contributed by atoms with van der Waals surface area (Å²) in [7, 11) is 1.66. The maximum atomic E-state index is 13.5. The molecule has 1 atom stereocenters. The highest BCUT2D eigenvalue weighted by Crippen LogP contribution is 2.32. The van der Waals surface area contributed by atoms with Crippen molar-refractivity contribution >= 4 is 11.5 Å². The number of hydrogen-bond donors (Lipinski definition) is 1. The molecule has 0 spiro atoms. The first-order valence-electron chi connectivity index (χ1n) is 8.05. The first-order valence-corrected chi connectivity index (χ1v) is 8.05. The molecule has 1 unspecified atom stereocenters. The molecule has 1 aromatic heterocycles. The van der Waals surface area contributed by atoms with Crippen molar-refractivity contribution in [1.82, 2.24) is 9.88 Å².